The Kier molecular flexibility index (Phi) is 6.26. The van der Waals surface area contributed by atoms with Crippen molar-refractivity contribution in [2.45, 2.75) is 6.92 Å². The summed E-state index contributed by atoms with van der Waals surface area (Å²) in [6, 6.07) is 4.34. The van der Waals surface area contributed by atoms with Crippen LogP contribution in [0.1, 0.15) is 17.3 Å². The van der Waals surface area contributed by atoms with Crippen molar-refractivity contribution < 1.29 is 26.8 Å². The van der Waals surface area contributed by atoms with Crippen LogP contribution in [0.4, 0.5) is 26.0 Å². The van der Waals surface area contributed by atoms with Crippen molar-refractivity contribution in [2.75, 3.05) is 29.5 Å². The quantitative estimate of drug-likeness (QED) is 0.667. The van der Waals surface area contributed by atoms with E-state index in [2.05, 4.69) is 10.3 Å². The number of anilines is 3. The monoisotopic (exact) mass is 413 g/mol. The SMILES string of the molecule is CC(=O)Nc1ccc(C(=O)Nc2c(F)ccc(NS(=O)(=O)N(C)C)c2F)cn1. The molecule has 28 heavy (non-hydrogen) atoms. The standard InChI is InChI=1S/C16H17F2N5O4S/c1-9(24)20-13-7-4-10(8-19-13)16(25)21-15-11(17)5-6-12(14(15)18)22-28(26,27)23(2)3/h4-8,22H,1-3H3,(H,21,25)(H,19,20,24). The number of aromatic nitrogens is 1. The smallest absolute Gasteiger partial charge is 0.301 e. The lowest BCUT2D eigenvalue weighted by Crippen LogP contribution is -2.29. The summed E-state index contributed by atoms with van der Waals surface area (Å²) >= 11 is 0. The van der Waals surface area contributed by atoms with Gasteiger partial charge in [-0.25, -0.2) is 13.8 Å². The van der Waals surface area contributed by atoms with Gasteiger partial charge in [-0.15, -0.1) is 0 Å². The highest BCUT2D eigenvalue weighted by molar-refractivity contribution is 7.90. The molecule has 1 heterocycles. The highest BCUT2D eigenvalue weighted by Crippen LogP contribution is 2.27. The molecule has 9 nitrogen and oxygen atoms in total. The Hall–Kier alpha value is -3.12. The highest BCUT2D eigenvalue weighted by Gasteiger charge is 2.21. The Morgan fingerprint density at radius 2 is 1.75 bits per heavy atom. The van der Waals surface area contributed by atoms with Crippen LogP contribution in [0.25, 0.3) is 0 Å². The van der Waals surface area contributed by atoms with E-state index in [1.165, 1.54) is 33.2 Å². The minimum Gasteiger partial charge on any atom is -0.317 e. The van der Waals surface area contributed by atoms with Crippen molar-refractivity contribution in [2.24, 2.45) is 0 Å². The number of carbonyl (C=O) groups excluding carboxylic acids is 2. The zero-order chi connectivity index (χ0) is 21.1. The van der Waals surface area contributed by atoms with Crippen LogP contribution in [0.2, 0.25) is 0 Å². The average Bonchev–Trinajstić information content (AvgIpc) is 2.61. The van der Waals surface area contributed by atoms with Gasteiger partial charge in [-0.1, -0.05) is 0 Å². The molecule has 0 bridgehead atoms. The maximum atomic E-state index is 14.5. The Morgan fingerprint density at radius 1 is 1.07 bits per heavy atom. The van der Waals surface area contributed by atoms with Crippen LogP contribution in [0.15, 0.2) is 30.5 Å². The first-order valence-electron chi connectivity index (χ1n) is 7.74. The third kappa shape index (κ3) is 4.98. The molecular formula is C16H17F2N5O4S. The molecule has 0 fully saturated rings. The van der Waals surface area contributed by atoms with E-state index in [1.54, 1.807) is 0 Å². The zero-order valence-corrected chi connectivity index (χ0v) is 15.9. The van der Waals surface area contributed by atoms with E-state index in [4.69, 9.17) is 0 Å². The van der Waals surface area contributed by atoms with Crippen molar-refractivity contribution >= 4 is 39.2 Å². The molecule has 0 aliphatic rings. The molecule has 0 unspecified atom stereocenters. The average molecular weight is 413 g/mol. The first kappa shape index (κ1) is 21.2. The van der Waals surface area contributed by atoms with Crippen LogP contribution in [0.5, 0.6) is 0 Å². The van der Waals surface area contributed by atoms with Crippen molar-refractivity contribution in [3.63, 3.8) is 0 Å². The van der Waals surface area contributed by atoms with E-state index in [9.17, 15) is 26.8 Å². The van der Waals surface area contributed by atoms with E-state index in [-0.39, 0.29) is 17.3 Å². The van der Waals surface area contributed by atoms with Crippen LogP contribution in [0.3, 0.4) is 0 Å². The number of rotatable bonds is 6. The molecule has 150 valence electrons. The van der Waals surface area contributed by atoms with Crippen LogP contribution < -0.4 is 15.4 Å². The van der Waals surface area contributed by atoms with Crippen molar-refractivity contribution in [3.05, 3.63) is 47.7 Å². The van der Waals surface area contributed by atoms with Gasteiger partial charge in [0.15, 0.2) is 5.82 Å². The lowest BCUT2D eigenvalue weighted by atomic mass is 10.2. The number of hydrogen-bond donors (Lipinski definition) is 3. The summed E-state index contributed by atoms with van der Waals surface area (Å²) in [6.45, 7) is 1.28. The van der Waals surface area contributed by atoms with E-state index < -0.39 is 39.1 Å². The van der Waals surface area contributed by atoms with Gasteiger partial charge in [-0.2, -0.15) is 12.7 Å². The molecule has 0 saturated carbocycles. The number of carbonyl (C=O) groups is 2. The maximum absolute atomic E-state index is 14.5. The first-order chi connectivity index (χ1) is 13.0. The Morgan fingerprint density at radius 3 is 2.29 bits per heavy atom. The normalized spacial score (nSPS) is 11.2. The molecule has 0 spiro atoms. The number of nitrogens with one attached hydrogen (secondary N) is 3. The van der Waals surface area contributed by atoms with E-state index in [1.807, 2.05) is 10.0 Å². The summed E-state index contributed by atoms with van der Waals surface area (Å²) < 4.78 is 55.0. The van der Waals surface area contributed by atoms with Gasteiger partial charge in [0, 0.05) is 27.2 Å². The van der Waals surface area contributed by atoms with Crippen molar-refractivity contribution in [1.82, 2.24) is 9.29 Å². The van der Waals surface area contributed by atoms with Crippen molar-refractivity contribution in [3.8, 4) is 0 Å². The molecule has 0 radical (unpaired) electrons. The summed E-state index contributed by atoms with van der Waals surface area (Å²) in [7, 11) is -1.58. The number of benzene rings is 1. The molecule has 12 heteroatoms. The molecular weight excluding hydrogens is 396 g/mol. The number of halogens is 2. The molecule has 1 aromatic carbocycles. The third-order valence-corrected chi connectivity index (χ3v) is 4.82. The molecule has 2 aromatic rings. The fourth-order valence-corrected chi connectivity index (χ4v) is 2.56. The molecule has 2 amide bonds. The minimum absolute atomic E-state index is 0.0350. The fourth-order valence-electron chi connectivity index (χ4n) is 1.94. The maximum Gasteiger partial charge on any atom is 0.301 e. The topological polar surface area (TPSA) is 120 Å². The van der Waals surface area contributed by atoms with Gasteiger partial charge in [0.2, 0.25) is 5.91 Å². The Balaban J connectivity index is 2.27. The molecule has 0 aliphatic heterocycles. The number of hydrogen-bond acceptors (Lipinski definition) is 5. The fraction of sp³-hybridized carbons (Fsp3) is 0.188. The van der Waals surface area contributed by atoms with Gasteiger partial charge < -0.3 is 10.6 Å². The van der Waals surface area contributed by atoms with Crippen LogP contribution >= 0.6 is 0 Å². The zero-order valence-electron chi connectivity index (χ0n) is 15.1. The molecule has 3 N–H and O–H groups in total. The van der Waals surface area contributed by atoms with Crippen molar-refractivity contribution in [1.29, 1.82) is 0 Å². The van der Waals surface area contributed by atoms with Gasteiger partial charge in [-0.3, -0.25) is 14.3 Å². The molecule has 1 aromatic heterocycles. The second-order valence-electron chi connectivity index (χ2n) is 5.74. The summed E-state index contributed by atoms with van der Waals surface area (Å²) in [5, 5.41) is 4.45. The number of pyridine rings is 1. The number of nitrogens with zero attached hydrogens (tertiary/aromatic N) is 2. The predicted octanol–water partition coefficient (Wildman–Crippen LogP) is 1.79. The van der Waals surface area contributed by atoms with Gasteiger partial charge in [0.05, 0.1) is 11.3 Å². The molecule has 2 rings (SSSR count). The second-order valence-corrected chi connectivity index (χ2v) is 7.63. The number of amides is 2. The van der Waals surface area contributed by atoms with Gasteiger partial charge in [0.1, 0.15) is 17.3 Å². The summed E-state index contributed by atoms with van der Waals surface area (Å²) in [5.41, 5.74) is -1.40. The van der Waals surface area contributed by atoms with Gasteiger partial charge in [-0.05, 0) is 24.3 Å². The van der Waals surface area contributed by atoms with Crippen LogP contribution in [-0.4, -0.2) is 43.6 Å². The van der Waals surface area contributed by atoms with Crippen LogP contribution in [-0.2, 0) is 15.0 Å². The Labute approximate surface area is 159 Å². The van der Waals surface area contributed by atoms with E-state index in [0.29, 0.717) is 0 Å². The predicted molar refractivity (Wildman–Crippen MR) is 99.1 cm³/mol. The van der Waals surface area contributed by atoms with Gasteiger partial charge in [0.25, 0.3) is 5.91 Å². The minimum atomic E-state index is -4.04. The van der Waals surface area contributed by atoms with Gasteiger partial charge >= 0.3 is 10.2 Å². The van der Waals surface area contributed by atoms with E-state index >= 15 is 0 Å². The molecule has 0 saturated heterocycles. The first-order valence-corrected chi connectivity index (χ1v) is 9.18. The van der Waals surface area contributed by atoms with Crippen LogP contribution in [0, 0.1) is 11.6 Å². The summed E-state index contributed by atoms with van der Waals surface area (Å²) in [6.07, 6.45) is 1.11. The highest BCUT2D eigenvalue weighted by atomic mass is 32.2. The summed E-state index contributed by atoms with van der Waals surface area (Å²) in [4.78, 5) is 27.0. The molecule has 0 aliphatic carbocycles. The second kappa shape index (κ2) is 8.27. The van der Waals surface area contributed by atoms with E-state index in [0.717, 1.165) is 22.6 Å². The lowest BCUT2D eigenvalue weighted by Gasteiger charge is -2.16. The molecule has 0 atom stereocenters. The largest absolute Gasteiger partial charge is 0.317 e. The Bertz CT molecular complexity index is 1010. The summed E-state index contributed by atoms with van der Waals surface area (Å²) in [5.74, 6) is -3.43. The lowest BCUT2D eigenvalue weighted by molar-refractivity contribution is -0.114. The third-order valence-electron chi connectivity index (χ3n) is 3.38.